The predicted molar refractivity (Wildman–Crippen MR) is 144 cm³/mol. The highest BCUT2D eigenvalue weighted by Crippen LogP contribution is 2.65. The maximum Gasteiger partial charge on any atom is 0.296 e. The standard InChI is InChI=1S/C27H16BrCl3F5NO3/c28-16-7-11(1-6-19(16)33)22-23(27(22,30)31)26(40)37-13-3-4-17(29)14(9-13)20(38)8-12-2-5-18(32)15(24(12)34)10-21(39)25(35)36/h1-7,9,22-23,25H,8,10H2,(H,37,40)/t22-,23+/m0/s1. The molecule has 1 aliphatic carbocycles. The first-order chi connectivity index (χ1) is 18.7. The van der Waals surface area contributed by atoms with Crippen LogP contribution in [0.15, 0.2) is 53.0 Å². The van der Waals surface area contributed by atoms with Crippen molar-refractivity contribution in [1.29, 1.82) is 0 Å². The lowest BCUT2D eigenvalue weighted by atomic mass is 9.98. The Morgan fingerprint density at radius 1 is 0.950 bits per heavy atom. The molecule has 13 heteroatoms. The highest BCUT2D eigenvalue weighted by Gasteiger charge is 2.67. The SMILES string of the molecule is O=C(Cc1ccc(F)c(CC(=O)C(F)F)c1F)c1cc(NC(=O)[C@H]2[C@H](c3ccc(F)c(Br)c3)C2(Cl)Cl)ccc1Cl. The van der Waals surface area contributed by atoms with Crippen molar-refractivity contribution in [3.8, 4) is 0 Å². The van der Waals surface area contributed by atoms with E-state index in [1.165, 1.54) is 36.4 Å². The Labute approximate surface area is 247 Å². The van der Waals surface area contributed by atoms with Crippen LogP contribution >= 0.6 is 50.7 Å². The van der Waals surface area contributed by atoms with Crippen molar-refractivity contribution in [2.75, 3.05) is 5.32 Å². The van der Waals surface area contributed by atoms with Crippen LogP contribution in [-0.2, 0) is 22.4 Å². The average molecular weight is 684 g/mol. The lowest BCUT2D eigenvalue weighted by Crippen LogP contribution is -2.18. The van der Waals surface area contributed by atoms with Gasteiger partial charge in [0.05, 0.1) is 15.4 Å². The first kappa shape index (κ1) is 30.4. The molecule has 0 unspecified atom stereocenters. The summed E-state index contributed by atoms with van der Waals surface area (Å²) < 4.78 is 66.4. The van der Waals surface area contributed by atoms with Gasteiger partial charge in [0.25, 0.3) is 6.43 Å². The Morgan fingerprint density at radius 2 is 1.62 bits per heavy atom. The molecule has 2 atom stereocenters. The molecule has 0 aromatic heterocycles. The normalized spacial score (nSPS) is 17.6. The molecule has 3 aromatic carbocycles. The summed E-state index contributed by atoms with van der Waals surface area (Å²) in [5, 5.41) is 2.56. The van der Waals surface area contributed by atoms with Crippen molar-refractivity contribution in [1.82, 2.24) is 0 Å². The predicted octanol–water partition coefficient (Wildman–Crippen LogP) is 7.85. The van der Waals surface area contributed by atoms with Crippen LogP contribution in [0.5, 0.6) is 0 Å². The van der Waals surface area contributed by atoms with Crippen LogP contribution in [0.1, 0.15) is 33.0 Å². The van der Waals surface area contributed by atoms with Crippen LogP contribution in [0.25, 0.3) is 0 Å². The van der Waals surface area contributed by atoms with Gasteiger partial charge in [0.1, 0.15) is 21.8 Å². The fraction of sp³-hybridized carbons (Fsp3) is 0.222. The number of alkyl halides is 4. The van der Waals surface area contributed by atoms with Gasteiger partial charge in [-0.25, -0.2) is 22.0 Å². The number of hydrogen-bond acceptors (Lipinski definition) is 3. The number of Topliss-reactive ketones (excluding diaryl/α,β-unsaturated/α-hetero) is 2. The number of hydrogen-bond donors (Lipinski definition) is 1. The van der Waals surface area contributed by atoms with E-state index in [-0.39, 0.29) is 26.3 Å². The van der Waals surface area contributed by atoms with Crippen molar-refractivity contribution in [2.24, 2.45) is 5.92 Å². The van der Waals surface area contributed by atoms with Crippen molar-refractivity contribution in [2.45, 2.75) is 29.5 Å². The molecule has 0 spiro atoms. The summed E-state index contributed by atoms with van der Waals surface area (Å²) >= 11 is 21.9. The van der Waals surface area contributed by atoms with Crippen LogP contribution in [0.2, 0.25) is 5.02 Å². The van der Waals surface area contributed by atoms with E-state index in [2.05, 4.69) is 21.2 Å². The van der Waals surface area contributed by atoms with E-state index in [0.29, 0.717) is 5.56 Å². The second-order valence-corrected chi connectivity index (χ2v) is 11.7. The fourth-order valence-corrected chi connectivity index (χ4v) is 5.72. The van der Waals surface area contributed by atoms with Gasteiger partial charge in [-0.05, 0) is 63.5 Å². The van der Waals surface area contributed by atoms with Crippen molar-refractivity contribution < 1.29 is 36.3 Å². The van der Waals surface area contributed by atoms with Gasteiger partial charge in [-0.2, -0.15) is 0 Å². The van der Waals surface area contributed by atoms with Gasteiger partial charge in [-0.1, -0.05) is 23.7 Å². The zero-order valence-corrected chi connectivity index (χ0v) is 23.7. The van der Waals surface area contributed by atoms with E-state index in [4.69, 9.17) is 34.8 Å². The smallest absolute Gasteiger partial charge is 0.296 e. The molecular weight excluding hydrogens is 668 g/mol. The third-order valence-corrected chi connectivity index (χ3v) is 8.26. The van der Waals surface area contributed by atoms with Crippen molar-refractivity contribution >= 4 is 73.9 Å². The number of ketones is 2. The average Bonchev–Trinajstić information content (AvgIpc) is 3.47. The van der Waals surface area contributed by atoms with Gasteiger partial charge < -0.3 is 5.32 Å². The molecule has 1 saturated carbocycles. The lowest BCUT2D eigenvalue weighted by Gasteiger charge is -2.11. The molecule has 210 valence electrons. The molecule has 1 amide bonds. The molecule has 0 bridgehead atoms. The molecule has 3 aromatic rings. The molecule has 0 saturated heterocycles. The topological polar surface area (TPSA) is 63.2 Å². The molecule has 1 aliphatic rings. The van der Waals surface area contributed by atoms with Crippen LogP contribution in [-0.4, -0.2) is 28.2 Å². The first-order valence-electron chi connectivity index (χ1n) is 11.4. The van der Waals surface area contributed by atoms with Crippen LogP contribution in [0.4, 0.5) is 27.6 Å². The molecule has 4 nitrogen and oxygen atoms in total. The van der Waals surface area contributed by atoms with Gasteiger partial charge >= 0.3 is 0 Å². The van der Waals surface area contributed by atoms with Crippen LogP contribution in [0, 0.1) is 23.4 Å². The first-order valence-corrected chi connectivity index (χ1v) is 13.4. The number of anilines is 1. The number of benzene rings is 3. The molecule has 1 N–H and O–H groups in total. The molecule has 40 heavy (non-hydrogen) atoms. The van der Waals surface area contributed by atoms with Crippen LogP contribution < -0.4 is 5.32 Å². The number of carbonyl (C=O) groups excluding carboxylic acids is 3. The summed E-state index contributed by atoms with van der Waals surface area (Å²) in [5.41, 5.74) is -0.669. The summed E-state index contributed by atoms with van der Waals surface area (Å²) in [6.07, 6.45) is -5.23. The van der Waals surface area contributed by atoms with E-state index in [0.717, 1.165) is 12.1 Å². The largest absolute Gasteiger partial charge is 0.326 e. The Balaban J connectivity index is 1.51. The maximum atomic E-state index is 14.8. The van der Waals surface area contributed by atoms with E-state index in [1.54, 1.807) is 0 Å². The van der Waals surface area contributed by atoms with E-state index in [1.807, 2.05) is 0 Å². The van der Waals surface area contributed by atoms with Gasteiger partial charge in [0.15, 0.2) is 5.78 Å². The third-order valence-electron chi connectivity index (χ3n) is 6.38. The number of halogens is 9. The number of nitrogens with one attached hydrogen (secondary N) is 1. The summed E-state index contributed by atoms with van der Waals surface area (Å²) in [4.78, 5) is 37.3. The van der Waals surface area contributed by atoms with Gasteiger partial charge in [0, 0.05) is 35.6 Å². The minimum absolute atomic E-state index is 0.0388. The summed E-state index contributed by atoms with van der Waals surface area (Å²) in [5.74, 6) is -7.55. The monoisotopic (exact) mass is 681 g/mol. The molecule has 0 radical (unpaired) electrons. The molecule has 0 aliphatic heterocycles. The van der Waals surface area contributed by atoms with E-state index in [9.17, 15) is 36.3 Å². The summed E-state index contributed by atoms with van der Waals surface area (Å²) in [6, 6.07) is 9.82. The van der Waals surface area contributed by atoms with Crippen LogP contribution in [0.3, 0.4) is 0 Å². The Bertz CT molecular complexity index is 1540. The Hall–Kier alpha value is -2.53. The lowest BCUT2D eigenvalue weighted by molar-refractivity contribution is -0.128. The summed E-state index contributed by atoms with van der Waals surface area (Å²) in [7, 11) is 0. The van der Waals surface area contributed by atoms with Gasteiger partial charge in [-0.3, -0.25) is 14.4 Å². The third kappa shape index (κ3) is 6.20. The second kappa shape index (κ2) is 11.8. The van der Waals surface area contributed by atoms with E-state index >= 15 is 0 Å². The zero-order valence-electron chi connectivity index (χ0n) is 19.9. The number of amides is 1. The molecular formula is C27H16BrCl3F5NO3. The number of rotatable bonds is 9. The van der Waals surface area contributed by atoms with Crippen molar-refractivity contribution in [3.05, 3.63) is 97.7 Å². The zero-order chi connectivity index (χ0) is 29.5. The van der Waals surface area contributed by atoms with E-state index < -0.39 is 75.9 Å². The molecule has 0 heterocycles. The van der Waals surface area contributed by atoms with Gasteiger partial charge in [0.2, 0.25) is 11.7 Å². The molecule has 4 rings (SSSR count). The summed E-state index contributed by atoms with van der Waals surface area (Å²) in [6.45, 7) is 0. The number of carbonyl (C=O) groups is 3. The second-order valence-electron chi connectivity index (χ2n) is 9.03. The minimum Gasteiger partial charge on any atom is -0.326 e. The quantitative estimate of drug-likeness (QED) is 0.142. The molecule has 1 fully saturated rings. The Kier molecular flexibility index (Phi) is 8.94. The fourth-order valence-electron chi connectivity index (χ4n) is 4.27. The minimum atomic E-state index is -3.41. The maximum absolute atomic E-state index is 14.8. The van der Waals surface area contributed by atoms with Crippen molar-refractivity contribution in [3.63, 3.8) is 0 Å². The Morgan fingerprint density at radius 3 is 2.27 bits per heavy atom. The highest BCUT2D eigenvalue weighted by atomic mass is 79.9. The van der Waals surface area contributed by atoms with Gasteiger partial charge in [-0.15, -0.1) is 23.2 Å². The highest BCUT2D eigenvalue weighted by molar-refractivity contribution is 9.10.